The van der Waals surface area contributed by atoms with Gasteiger partial charge in [0.25, 0.3) is 17.5 Å². The maximum absolute atomic E-state index is 12.5. The van der Waals surface area contributed by atoms with Crippen LogP contribution in [-0.4, -0.2) is 29.6 Å². The van der Waals surface area contributed by atoms with Gasteiger partial charge in [-0.2, -0.15) is 0 Å². The van der Waals surface area contributed by atoms with Gasteiger partial charge in [0, 0.05) is 23.3 Å². The van der Waals surface area contributed by atoms with Crippen LogP contribution in [0.25, 0.3) is 0 Å². The standard InChI is InChI=1S/C22H16N4O5/c1-31-19-5-3-2-4-18(19)25-21(27)13-6-8-14(9-7-13)23-20-16-12-15(26(29)30)10-11-17(16)24-22(20)28/h2-12H,1H3,(H,25,27)(H,23,24,28). The molecule has 0 atom stereocenters. The Morgan fingerprint density at radius 1 is 1.10 bits per heavy atom. The number of nitrogens with one attached hydrogen (secondary N) is 2. The molecule has 1 aliphatic rings. The summed E-state index contributed by atoms with van der Waals surface area (Å²) < 4.78 is 5.23. The van der Waals surface area contributed by atoms with E-state index in [1.54, 1.807) is 48.5 Å². The number of non-ortho nitro benzene ring substituents is 1. The minimum Gasteiger partial charge on any atom is -0.495 e. The summed E-state index contributed by atoms with van der Waals surface area (Å²) >= 11 is 0. The second-order valence-corrected chi connectivity index (χ2v) is 6.60. The number of aliphatic imine (C=N–C) groups is 1. The minimum absolute atomic E-state index is 0.0740. The monoisotopic (exact) mass is 416 g/mol. The number of amides is 2. The summed E-state index contributed by atoms with van der Waals surface area (Å²) in [6.45, 7) is 0. The van der Waals surface area contributed by atoms with Crippen LogP contribution in [0.3, 0.4) is 0 Å². The molecule has 1 aliphatic heterocycles. The molecule has 3 aromatic rings. The van der Waals surface area contributed by atoms with Gasteiger partial charge in [0.05, 0.1) is 29.1 Å². The highest BCUT2D eigenvalue weighted by atomic mass is 16.6. The van der Waals surface area contributed by atoms with E-state index in [4.69, 9.17) is 4.74 Å². The van der Waals surface area contributed by atoms with E-state index < -0.39 is 10.8 Å². The Labute approximate surface area is 176 Å². The first kappa shape index (κ1) is 19.8. The number of carbonyl (C=O) groups excluding carboxylic acids is 2. The smallest absolute Gasteiger partial charge is 0.275 e. The number of nitrogens with zero attached hydrogens (tertiary/aromatic N) is 2. The molecular weight excluding hydrogens is 400 g/mol. The molecule has 3 aromatic carbocycles. The Bertz CT molecular complexity index is 1230. The van der Waals surface area contributed by atoms with Crippen molar-refractivity contribution < 1.29 is 19.2 Å². The molecule has 0 saturated carbocycles. The zero-order chi connectivity index (χ0) is 22.0. The highest BCUT2D eigenvalue weighted by molar-refractivity contribution is 6.54. The lowest BCUT2D eigenvalue weighted by Gasteiger charge is -2.09. The fourth-order valence-electron chi connectivity index (χ4n) is 3.12. The third-order valence-electron chi connectivity index (χ3n) is 4.66. The van der Waals surface area contributed by atoms with Gasteiger partial charge in [0.1, 0.15) is 11.5 Å². The predicted octanol–water partition coefficient (Wildman–Crippen LogP) is 3.93. The molecule has 0 spiro atoms. The van der Waals surface area contributed by atoms with Crippen molar-refractivity contribution in [2.24, 2.45) is 4.99 Å². The van der Waals surface area contributed by atoms with Gasteiger partial charge in [0.15, 0.2) is 0 Å². The molecule has 0 unspecified atom stereocenters. The van der Waals surface area contributed by atoms with Gasteiger partial charge in [-0.15, -0.1) is 0 Å². The SMILES string of the molecule is COc1ccccc1NC(=O)c1ccc(N=C2C(=O)Nc3ccc([N+](=O)[O-])cc32)cc1. The van der Waals surface area contributed by atoms with E-state index in [1.807, 2.05) is 0 Å². The summed E-state index contributed by atoms with van der Waals surface area (Å²) in [4.78, 5) is 39.6. The second-order valence-electron chi connectivity index (χ2n) is 6.60. The molecule has 0 bridgehead atoms. The van der Waals surface area contributed by atoms with Crippen LogP contribution in [-0.2, 0) is 4.79 Å². The number of benzene rings is 3. The normalized spacial score (nSPS) is 13.5. The first-order valence-corrected chi connectivity index (χ1v) is 9.19. The first-order valence-electron chi connectivity index (χ1n) is 9.19. The van der Waals surface area contributed by atoms with E-state index in [0.29, 0.717) is 33.9 Å². The number of anilines is 2. The highest BCUT2D eigenvalue weighted by Gasteiger charge is 2.28. The molecule has 0 aromatic heterocycles. The number of carbonyl (C=O) groups is 2. The molecule has 2 N–H and O–H groups in total. The van der Waals surface area contributed by atoms with E-state index in [-0.39, 0.29) is 17.3 Å². The fourth-order valence-corrected chi connectivity index (χ4v) is 3.12. The van der Waals surface area contributed by atoms with Crippen LogP contribution >= 0.6 is 0 Å². The summed E-state index contributed by atoms with van der Waals surface area (Å²) in [5.41, 5.74) is 2.12. The molecule has 0 saturated heterocycles. The molecule has 2 amide bonds. The number of para-hydroxylation sites is 2. The number of fused-ring (bicyclic) bond motifs is 1. The summed E-state index contributed by atoms with van der Waals surface area (Å²) in [6, 6.07) is 17.5. The lowest BCUT2D eigenvalue weighted by atomic mass is 10.1. The van der Waals surface area contributed by atoms with Gasteiger partial charge < -0.3 is 15.4 Å². The van der Waals surface area contributed by atoms with Crippen molar-refractivity contribution in [3.8, 4) is 5.75 Å². The minimum atomic E-state index is -0.532. The van der Waals surface area contributed by atoms with Crippen molar-refractivity contribution >= 4 is 40.3 Å². The van der Waals surface area contributed by atoms with E-state index in [1.165, 1.54) is 25.3 Å². The molecule has 9 nitrogen and oxygen atoms in total. The lowest BCUT2D eigenvalue weighted by Crippen LogP contribution is -2.14. The summed E-state index contributed by atoms with van der Waals surface area (Å²) in [7, 11) is 1.52. The Balaban J connectivity index is 1.57. The maximum atomic E-state index is 12.5. The van der Waals surface area contributed by atoms with Gasteiger partial charge >= 0.3 is 0 Å². The van der Waals surface area contributed by atoms with Crippen molar-refractivity contribution in [2.75, 3.05) is 17.7 Å². The van der Waals surface area contributed by atoms with E-state index in [9.17, 15) is 19.7 Å². The number of nitro groups is 1. The third-order valence-corrected chi connectivity index (χ3v) is 4.66. The number of ether oxygens (including phenoxy) is 1. The molecular formula is C22H16N4O5. The lowest BCUT2D eigenvalue weighted by molar-refractivity contribution is -0.384. The summed E-state index contributed by atoms with van der Waals surface area (Å²) in [6.07, 6.45) is 0. The number of rotatable bonds is 5. The average molecular weight is 416 g/mol. The molecule has 154 valence electrons. The van der Waals surface area contributed by atoms with Crippen LogP contribution < -0.4 is 15.4 Å². The Hall–Kier alpha value is -4.53. The zero-order valence-electron chi connectivity index (χ0n) is 16.3. The molecule has 4 rings (SSSR count). The van der Waals surface area contributed by atoms with Crippen LogP contribution in [0, 0.1) is 10.1 Å². The Kier molecular flexibility index (Phi) is 5.15. The molecule has 0 fully saturated rings. The average Bonchev–Trinajstić information content (AvgIpc) is 3.08. The second kappa shape index (κ2) is 8.07. The van der Waals surface area contributed by atoms with Crippen LogP contribution in [0.5, 0.6) is 5.75 Å². The van der Waals surface area contributed by atoms with Gasteiger partial charge in [-0.3, -0.25) is 19.7 Å². The van der Waals surface area contributed by atoms with Crippen molar-refractivity contribution in [3.63, 3.8) is 0 Å². The Morgan fingerprint density at radius 2 is 1.84 bits per heavy atom. The number of nitro benzene ring substituents is 1. The van der Waals surface area contributed by atoms with E-state index >= 15 is 0 Å². The molecule has 9 heteroatoms. The van der Waals surface area contributed by atoms with Crippen LogP contribution in [0.4, 0.5) is 22.7 Å². The molecule has 0 aliphatic carbocycles. The van der Waals surface area contributed by atoms with Crippen LogP contribution in [0.15, 0.2) is 71.7 Å². The predicted molar refractivity (Wildman–Crippen MR) is 115 cm³/mol. The van der Waals surface area contributed by atoms with Gasteiger partial charge in [-0.05, 0) is 42.5 Å². The maximum Gasteiger partial charge on any atom is 0.275 e. The number of hydrogen-bond acceptors (Lipinski definition) is 6. The third kappa shape index (κ3) is 3.97. The van der Waals surface area contributed by atoms with Crippen molar-refractivity contribution in [3.05, 3.63) is 88.0 Å². The Morgan fingerprint density at radius 3 is 2.55 bits per heavy atom. The highest BCUT2D eigenvalue weighted by Crippen LogP contribution is 2.29. The molecule has 31 heavy (non-hydrogen) atoms. The molecule has 0 radical (unpaired) electrons. The van der Waals surface area contributed by atoms with Crippen molar-refractivity contribution in [2.45, 2.75) is 0 Å². The van der Waals surface area contributed by atoms with Crippen molar-refractivity contribution in [1.82, 2.24) is 0 Å². The van der Waals surface area contributed by atoms with Crippen LogP contribution in [0.2, 0.25) is 0 Å². The van der Waals surface area contributed by atoms with E-state index in [2.05, 4.69) is 15.6 Å². The number of hydrogen-bond donors (Lipinski definition) is 2. The van der Waals surface area contributed by atoms with E-state index in [0.717, 1.165) is 0 Å². The topological polar surface area (TPSA) is 123 Å². The summed E-state index contributed by atoms with van der Waals surface area (Å²) in [5.74, 6) is -0.240. The van der Waals surface area contributed by atoms with Crippen molar-refractivity contribution in [1.29, 1.82) is 0 Å². The number of methoxy groups -OCH3 is 1. The van der Waals surface area contributed by atoms with Gasteiger partial charge in [-0.25, -0.2) is 4.99 Å². The molecule has 1 heterocycles. The first-order chi connectivity index (χ1) is 15.0. The fraction of sp³-hybridized carbons (Fsp3) is 0.0455. The summed E-state index contributed by atoms with van der Waals surface area (Å²) in [5, 5.41) is 16.4. The largest absolute Gasteiger partial charge is 0.495 e. The van der Waals surface area contributed by atoms with Gasteiger partial charge in [-0.1, -0.05) is 12.1 Å². The quantitative estimate of drug-likeness (QED) is 0.482. The van der Waals surface area contributed by atoms with Gasteiger partial charge in [0.2, 0.25) is 0 Å². The van der Waals surface area contributed by atoms with Crippen LogP contribution in [0.1, 0.15) is 15.9 Å². The zero-order valence-corrected chi connectivity index (χ0v) is 16.3.